The minimum atomic E-state index is -1.17. The molecule has 5 N–H and O–H groups in total. The van der Waals surface area contributed by atoms with Crippen molar-refractivity contribution in [2.75, 3.05) is 19.6 Å². The zero-order valence-corrected chi connectivity index (χ0v) is 14.1. The topological polar surface area (TPSA) is 142 Å². The molecule has 1 fully saturated rings. The Morgan fingerprint density at radius 3 is 2.50 bits per heavy atom. The van der Waals surface area contributed by atoms with Crippen molar-refractivity contribution in [1.29, 1.82) is 0 Å². The fraction of sp³-hybridized carbons (Fsp3) is 0.733. The van der Waals surface area contributed by atoms with Crippen molar-refractivity contribution >= 4 is 23.7 Å². The average molecular weight is 342 g/mol. The van der Waals surface area contributed by atoms with Gasteiger partial charge in [0, 0.05) is 6.54 Å². The van der Waals surface area contributed by atoms with Gasteiger partial charge >= 0.3 is 5.97 Å². The highest BCUT2D eigenvalue weighted by Gasteiger charge is 2.37. The van der Waals surface area contributed by atoms with Gasteiger partial charge in [-0.3, -0.25) is 19.2 Å². The van der Waals surface area contributed by atoms with Crippen LogP contribution < -0.4 is 16.4 Å². The average Bonchev–Trinajstić information content (AvgIpc) is 3.05. The van der Waals surface area contributed by atoms with Crippen LogP contribution in [0.3, 0.4) is 0 Å². The standard InChI is InChI=1S/C15H26N4O5/c1-3-9(2)13(16)15(24)19-6-4-5-10(19)14(23)18-7-11(20)17-8-12(21)22/h9-10,13H,3-8,16H2,1-2H3,(H,17,20)(H,18,23)(H,21,22). The number of nitrogens with zero attached hydrogens (tertiary/aromatic N) is 1. The molecule has 3 amide bonds. The number of carboxylic acids is 1. The first kappa shape index (κ1) is 19.9. The van der Waals surface area contributed by atoms with Gasteiger partial charge in [-0.25, -0.2) is 0 Å². The van der Waals surface area contributed by atoms with Gasteiger partial charge in [-0.1, -0.05) is 20.3 Å². The van der Waals surface area contributed by atoms with Gasteiger partial charge in [-0.05, 0) is 18.8 Å². The lowest BCUT2D eigenvalue weighted by molar-refractivity contribution is -0.140. The van der Waals surface area contributed by atoms with Crippen LogP contribution in [0.15, 0.2) is 0 Å². The molecular weight excluding hydrogens is 316 g/mol. The predicted octanol–water partition coefficient (Wildman–Crippen LogP) is -1.33. The Morgan fingerprint density at radius 1 is 1.25 bits per heavy atom. The Balaban J connectivity index is 2.55. The van der Waals surface area contributed by atoms with E-state index in [0.29, 0.717) is 19.4 Å². The Morgan fingerprint density at radius 2 is 1.92 bits per heavy atom. The van der Waals surface area contributed by atoms with E-state index in [0.717, 1.165) is 6.42 Å². The summed E-state index contributed by atoms with van der Waals surface area (Å²) in [7, 11) is 0. The van der Waals surface area contributed by atoms with Crippen molar-refractivity contribution in [3.05, 3.63) is 0 Å². The lowest BCUT2D eigenvalue weighted by Gasteiger charge is -2.28. The molecule has 0 aromatic carbocycles. The number of carboxylic acid groups (broad SMARTS) is 1. The zero-order chi connectivity index (χ0) is 18.3. The summed E-state index contributed by atoms with van der Waals surface area (Å²) in [5, 5.41) is 13.1. The summed E-state index contributed by atoms with van der Waals surface area (Å²) in [5.74, 6) is -2.43. The number of rotatable bonds is 8. The van der Waals surface area contributed by atoms with Crippen molar-refractivity contribution in [2.24, 2.45) is 11.7 Å². The highest BCUT2D eigenvalue weighted by Crippen LogP contribution is 2.20. The quantitative estimate of drug-likeness (QED) is 0.430. The summed E-state index contributed by atoms with van der Waals surface area (Å²) in [6, 6.07) is -1.29. The van der Waals surface area contributed by atoms with E-state index in [-0.39, 0.29) is 18.4 Å². The second-order valence-corrected chi connectivity index (χ2v) is 5.99. The summed E-state index contributed by atoms with van der Waals surface area (Å²) in [4.78, 5) is 47.9. The van der Waals surface area contributed by atoms with Gasteiger partial charge in [0.05, 0.1) is 12.6 Å². The van der Waals surface area contributed by atoms with Gasteiger partial charge in [-0.2, -0.15) is 0 Å². The number of hydrogen-bond donors (Lipinski definition) is 4. The molecule has 1 aliphatic heterocycles. The van der Waals surface area contributed by atoms with Gasteiger partial charge in [0.25, 0.3) is 0 Å². The zero-order valence-electron chi connectivity index (χ0n) is 14.1. The van der Waals surface area contributed by atoms with E-state index in [2.05, 4.69) is 10.6 Å². The summed E-state index contributed by atoms with van der Waals surface area (Å²) < 4.78 is 0. The molecule has 9 nitrogen and oxygen atoms in total. The molecule has 0 spiro atoms. The number of nitrogens with one attached hydrogen (secondary N) is 2. The highest BCUT2D eigenvalue weighted by molar-refractivity contribution is 5.92. The van der Waals surface area contributed by atoms with E-state index in [1.165, 1.54) is 4.90 Å². The molecule has 1 saturated heterocycles. The third kappa shape index (κ3) is 5.48. The van der Waals surface area contributed by atoms with Gasteiger partial charge in [0.2, 0.25) is 17.7 Å². The number of carbonyl (C=O) groups excluding carboxylic acids is 3. The van der Waals surface area contributed by atoms with Gasteiger partial charge in [0.15, 0.2) is 0 Å². The molecule has 0 radical (unpaired) electrons. The number of hydrogen-bond acceptors (Lipinski definition) is 5. The molecule has 0 aliphatic carbocycles. The number of likely N-dealkylation sites (tertiary alicyclic amines) is 1. The van der Waals surface area contributed by atoms with Crippen LogP contribution in [-0.4, -0.2) is 65.4 Å². The monoisotopic (exact) mass is 342 g/mol. The van der Waals surface area contributed by atoms with E-state index in [9.17, 15) is 19.2 Å². The summed E-state index contributed by atoms with van der Waals surface area (Å²) in [5.41, 5.74) is 5.96. The van der Waals surface area contributed by atoms with Crippen molar-refractivity contribution in [3.8, 4) is 0 Å². The van der Waals surface area contributed by atoms with Gasteiger partial charge in [0.1, 0.15) is 12.6 Å². The predicted molar refractivity (Wildman–Crippen MR) is 85.8 cm³/mol. The first-order valence-electron chi connectivity index (χ1n) is 8.10. The molecule has 24 heavy (non-hydrogen) atoms. The molecule has 0 saturated carbocycles. The van der Waals surface area contributed by atoms with Crippen LogP contribution in [0.2, 0.25) is 0 Å². The first-order chi connectivity index (χ1) is 11.3. The molecule has 0 aromatic rings. The lowest BCUT2D eigenvalue weighted by atomic mass is 9.98. The van der Waals surface area contributed by atoms with Crippen molar-refractivity contribution in [1.82, 2.24) is 15.5 Å². The minimum Gasteiger partial charge on any atom is -0.480 e. The fourth-order valence-electron chi connectivity index (χ4n) is 2.51. The minimum absolute atomic E-state index is 0.0172. The van der Waals surface area contributed by atoms with Crippen molar-refractivity contribution in [2.45, 2.75) is 45.2 Å². The van der Waals surface area contributed by atoms with E-state index in [1.807, 2.05) is 13.8 Å². The van der Waals surface area contributed by atoms with E-state index in [4.69, 9.17) is 10.8 Å². The summed E-state index contributed by atoms with van der Waals surface area (Å²) >= 11 is 0. The number of amides is 3. The largest absolute Gasteiger partial charge is 0.480 e. The lowest BCUT2D eigenvalue weighted by Crippen LogP contribution is -2.53. The smallest absolute Gasteiger partial charge is 0.322 e. The summed E-state index contributed by atoms with van der Waals surface area (Å²) in [6.45, 7) is 3.46. The second kappa shape index (κ2) is 9.21. The molecule has 3 unspecified atom stereocenters. The second-order valence-electron chi connectivity index (χ2n) is 5.99. The number of nitrogens with two attached hydrogens (primary N) is 1. The van der Waals surface area contributed by atoms with Gasteiger partial charge in [-0.15, -0.1) is 0 Å². The Labute approximate surface area is 140 Å². The van der Waals surface area contributed by atoms with Gasteiger partial charge < -0.3 is 26.4 Å². The van der Waals surface area contributed by atoms with Crippen LogP contribution in [0.5, 0.6) is 0 Å². The van der Waals surface area contributed by atoms with Crippen molar-refractivity contribution in [3.63, 3.8) is 0 Å². The van der Waals surface area contributed by atoms with Crippen LogP contribution in [-0.2, 0) is 19.2 Å². The summed E-state index contributed by atoms with van der Waals surface area (Å²) in [6.07, 6.45) is 1.98. The van der Waals surface area contributed by atoms with Crippen LogP contribution >= 0.6 is 0 Å². The van der Waals surface area contributed by atoms with Crippen LogP contribution in [0.1, 0.15) is 33.1 Å². The van der Waals surface area contributed by atoms with Crippen LogP contribution in [0.4, 0.5) is 0 Å². The molecule has 9 heteroatoms. The molecular formula is C15H26N4O5. The Bertz CT molecular complexity index is 496. The van der Waals surface area contributed by atoms with Crippen molar-refractivity contribution < 1.29 is 24.3 Å². The molecule has 0 bridgehead atoms. The SMILES string of the molecule is CCC(C)C(N)C(=O)N1CCCC1C(=O)NCC(=O)NCC(=O)O. The Hall–Kier alpha value is -2.16. The van der Waals surface area contributed by atoms with Crippen LogP contribution in [0, 0.1) is 5.92 Å². The molecule has 0 aromatic heterocycles. The maximum Gasteiger partial charge on any atom is 0.322 e. The molecule has 1 rings (SSSR count). The third-order valence-electron chi connectivity index (χ3n) is 4.24. The van der Waals surface area contributed by atoms with E-state index >= 15 is 0 Å². The number of carbonyl (C=O) groups is 4. The number of aliphatic carboxylic acids is 1. The fourth-order valence-corrected chi connectivity index (χ4v) is 2.51. The molecule has 3 atom stereocenters. The normalized spacial score (nSPS) is 19.5. The molecule has 1 aliphatic rings. The maximum atomic E-state index is 12.5. The highest BCUT2D eigenvalue weighted by atomic mass is 16.4. The maximum absolute atomic E-state index is 12.5. The van der Waals surface area contributed by atoms with E-state index in [1.54, 1.807) is 0 Å². The molecule has 1 heterocycles. The van der Waals surface area contributed by atoms with Crippen LogP contribution in [0.25, 0.3) is 0 Å². The first-order valence-corrected chi connectivity index (χ1v) is 8.10. The van der Waals surface area contributed by atoms with E-state index < -0.39 is 36.4 Å². The molecule has 136 valence electrons. The third-order valence-corrected chi connectivity index (χ3v) is 4.24. The Kier molecular flexibility index (Phi) is 7.63.